The SMILES string of the molecule is COc1ccc(N)cc1OC(C)C(N)=O. The minimum Gasteiger partial charge on any atom is -0.493 e. The van der Waals surface area contributed by atoms with E-state index < -0.39 is 12.0 Å². The second-order valence-corrected chi connectivity index (χ2v) is 3.07. The normalized spacial score (nSPS) is 11.9. The number of nitrogens with two attached hydrogens (primary N) is 2. The summed E-state index contributed by atoms with van der Waals surface area (Å²) in [6.45, 7) is 1.56. The van der Waals surface area contributed by atoms with Crippen LogP contribution in [0.3, 0.4) is 0 Å². The summed E-state index contributed by atoms with van der Waals surface area (Å²) in [5, 5.41) is 0. The monoisotopic (exact) mass is 210 g/mol. The highest BCUT2D eigenvalue weighted by Crippen LogP contribution is 2.29. The summed E-state index contributed by atoms with van der Waals surface area (Å²) >= 11 is 0. The van der Waals surface area contributed by atoms with E-state index in [4.69, 9.17) is 20.9 Å². The van der Waals surface area contributed by atoms with Crippen molar-refractivity contribution in [3.8, 4) is 11.5 Å². The molecular weight excluding hydrogens is 196 g/mol. The maximum Gasteiger partial charge on any atom is 0.258 e. The van der Waals surface area contributed by atoms with Crippen molar-refractivity contribution in [2.75, 3.05) is 12.8 Å². The Morgan fingerprint density at radius 2 is 2.07 bits per heavy atom. The third kappa shape index (κ3) is 2.77. The van der Waals surface area contributed by atoms with Crippen LogP contribution in [0.1, 0.15) is 6.92 Å². The number of amides is 1. The number of hydrogen-bond donors (Lipinski definition) is 2. The van der Waals surface area contributed by atoms with Crippen molar-refractivity contribution in [1.82, 2.24) is 0 Å². The zero-order valence-electron chi connectivity index (χ0n) is 8.69. The summed E-state index contributed by atoms with van der Waals surface area (Å²) in [5.41, 5.74) is 11.2. The lowest BCUT2D eigenvalue weighted by molar-refractivity contribution is -0.124. The highest BCUT2D eigenvalue weighted by atomic mass is 16.5. The number of carbonyl (C=O) groups is 1. The molecular formula is C10H14N2O3. The Morgan fingerprint density at radius 1 is 1.40 bits per heavy atom. The summed E-state index contributed by atoms with van der Waals surface area (Å²) in [7, 11) is 1.51. The van der Waals surface area contributed by atoms with Gasteiger partial charge in [0, 0.05) is 11.8 Å². The third-order valence-corrected chi connectivity index (χ3v) is 1.89. The number of carbonyl (C=O) groups excluding carboxylic acids is 1. The molecule has 5 nitrogen and oxygen atoms in total. The molecule has 0 aliphatic rings. The van der Waals surface area contributed by atoms with Crippen LogP contribution in [0.25, 0.3) is 0 Å². The highest BCUT2D eigenvalue weighted by molar-refractivity contribution is 5.78. The fourth-order valence-electron chi connectivity index (χ4n) is 1.03. The highest BCUT2D eigenvalue weighted by Gasteiger charge is 2.13. The molecule has 5 heteroatoms. The molecule has 1 aromatic carbocycles. The predicted octanol–water partition coefficient (Wildman–Crippen LogP) is 0.530. The van der Waals surface area contributed by atoms with E-state index >= 15 is 0 Å². The summed E-state index contributed by atoms with van der Waals surface area (Å²) in [4.78, 5) is 10.8. The van der Waals surface area contributed by atoms with Crippen LogP contribution in [0.4, 0.5) is 5.69 Å². The van der Waals surface area contributed by atoms with Crippen LogP contribution < -0.4 is 20.9 Å². The molecule has 1 amide bonds. The largest absolute Gasteiger partial charge is 0.493 e. The molecule has 0 aromatic heterocycles. The van der Waals surface area contributed by atoms with Gasteiger partial charge in [-0.1, -0.05) is 0 Å². The van der Waals surface area contributed by atoms with E-state index in [1.807, 2.05) is 0 Å². The smallest absolute Gasteiger partial charge is 0.258 e. The first-order chi connectivity index (χ1) is 7.04. The molecule has 1 aromatic rings. The van der Waals surface area contributed by atoms with E-state index in [-0.39, 0.29) is 0 Å². The van der Waals surface area contributed by atoms with E-state index in [2.05, 4.69) is 0 Å². The molecule has 0 bridgehead atoms. The fraction of sp³-hybridized carbons (Fsp3) is 0.300. The molecule has 1 atom stereocenters. The first-order valence-corrected chi connectivity index (χ1v) is 4.44. The second-order valence-electron chi connectivity index (χ2n) is 3.07. The Labute approximate surface area is 88.0 Å². The van der Waals surface area contributed by atoms with Gasteiger partial charge in [-0.15, -0.1) is 0 Å². The topological polar surface area (TPSA) is 87.6 Å². The van der Waals surface area contributed by atoms with Crippen LogP contribution in [-0.4, -0.2) is 19.1 Å². The molecule has 0 fully saturated rings. The lowest BCUT2D eigenvalue weighted by Gasteiger charge is -2.14. The number of benzene rings is 1. The van der Waals surface area contributed by atoms with Gasteiger partial charge >= 0.3 is 0 Å². The Hall–Kier alpha value is -1.91. The van der Waals surface area contributed by atoms with Crippen LogP contribution in [0, 0.1) is 0 Å². The lowest BCUT2D eigenvalue weighted by atomic mass is 10.2. The number of anilines is 1. The molecule has 0 aliphatic heterocycles. The first kappa shape index (κ1) is 11.2. The number of primary amides is 1. The minimum absolute atomic E-state index is 0.406. The van der Waals surface area contributed by atoms with Crippen LogP contribution in [0.2, 0.25) is 0 Å². The van der Waals surface area contributed by atoms with Gasteiger partial charge < -0.3 is 20.9 Å². The number of nitrogen functional groups attached to an aromatic ring is 1. The number of methoxy groups -OCH3 is 1. The first-order valence-electron chi connectivity index (χ1n) is 4.44. The van der Waals surface area contributed by atoms with E-state index in [9.17, 15) is 4.79 Å². The molecule has 15 heavy (non-hydrogen) atoms. The van der Waals surface area contributed by atoms with E-state index in [0.29, 0.717) is 17.2 Å². The summed E-state index contributed by atoms with van der Waals surface area (Å²) in [5.74, 6) is 0.376. The minimum atomic E-state index is -0.722. The Balaban J connectivity index is 2.91. The Morgan fingerprint density at radius 3 is 2.60 bits per heavy atom. The maximum atomic E-state index is 10.8. The van der Waals surface area contributed by atoms with E-state index in [1.54, 1.807) is 25.1 Å². The average Bonchev–Trinajstić information content (AvgIpc) is 2.18. The molecule has 0 aliphatic carbocycles. The third-order valence-electron chi connectivity index (χ3n) is 1.89. The van der Waals surface area contributed by atoms with Crippen molar-refractivity contribution in [2.45, 2.75) is 13.0 Å². The van der Waals surface area contributed by atoms with Gasteiger partial charge in [-0.25, -0.2) is 0 Å². The van der Waals surface area contributed by atoms with Crippen molar-refractivity contribution < 1.29 is 14.3 Å². The zero-order chi connectivity index (χ0) is 11.4. The van der Waals surface area contributed by atoms with Gasteiger partial charge in [0.2, 0.25) is 0 Å². The molecule has 0 heterocycles. The molecule has 82 valence electrons. The zero-order valence-corrected chi connectivity index (χ0v) is 8.69. The maximum absolute atomic E-state index is 10.8. The van der Waals surface area contributed by atoms with Gasteiger partial charge in [-0.3, -0.25) is 4.79 Å². The standard InChI is InChI=1S/C10H14N2O3/c1-6(10(12)13)15-9-5-7(11)3-4-8(9)14-2/h3-6H,11H2,1-2H3,(H2,12,13). The van der Waals surface area contributed by atoms with Gasteiger partial charge in [-0.2, -0.15) is 0 Å². The number of ether oxygens (including phenoxy) is 2. The van der Waals surface area contributed by atoms with Crippen LogP contribution >= 0.6 is 0 Å². The van der Waals surface area contributed by atoms with Crippen molar-refractivity contribution >= 4 is 11.6 Å². The molecule has 0 saturated heterocycles. The van der Waals surface area contributed by atoms with Gasteiger partial charge in [0.05, 0.1) is 7.11 Å². The predicted molar refractivity (Wildman–Crippen MR) is 56.7 cm³/mol. The molecule has 0 spiro atoms. The molecule has 0 radical (unpaired) electrons. The average molecular weight is 210 g/mol. The summed E-state index contributed by atoms with van der Waals surface area (Å²) in [6.07, 6.45) is -0.722. The van der Waals surface area contributed by atoms with Gasteiger partial charge in [0.1, 0.15) is 0 Å². The van der Waals surface area contributed by atoms with Crippen molar-refractivity contribution in [3.05, 3.63) is 18.2 Å². The van der Waals surface area contributed by atoms with Gasteiger partial charge in [0.15, 0.2) is 17.6 Å². The Kier molecular flexibility index (Phi) is 3.38. The van der Waals surface area contributed by atoms with E-state index in [1.165, 1.54) is 7.11 Å². The quantitative estimate of drug-likeness (QED) is 0.709. The fourth-order valence-corrected chi connectivity index (χ4v) is 1.03. The lowest BCUT2D eigenvalue weighted by Crippen LogP contribution is -2.30. The van der Waals surface area contributed by atoms with Crippen LogP contribution in [0.15, 0.2) is 18.2 Å². The molecule has 4 N–H and O–H groups in total. The summed E-state index contributed by atoms with van der Waals surface area (Å²) < 4.78 is 10.3. The number of hydrogen-bond acceptors (Lipinski definition) is 4. The molecule has 1 rings (SSSR count). The van der Waals surface area contributed by atoms with E-state index in [0.717, 1.165) is 0 Å². The number of rotatable bonds is 4. The second kappa shape index (κ2) is 4.54. The molecule has 1 unspecified atom stereocenters. The Bertz CT molecular complexity index is 366. The van der Waals surface area contributed by atoms with Crippen LogP contribution in [-0.2, 0) is 4.79 Å². The van der Waals surface area contributed by atoms with Crippen molar-refractivity contribution in [2.24, 2.45) is 5.73 Å². The van der Waals surface area contributed by atoms with Gasteiger partial charge in [-0.05, 0) is 19.1 Å². The van der Waals surface area contributed by atoms with Crippen molar-refractivity contribution in [3.63, 3.8) is 0 Å². The molecule has 0 saturated carbocycles. The van der Waals surface area contributed by atoms with Crippen molar-refractivity contribution in [1.29, 1.82) is 0 Å². The van der Waals surface area contributed by atoms with Crippen LogP contribution in [0.5, 0.6) is 11.5 Å². The summed E-state index contributed by atoms with van der Waals surface area (Å²) in [6, 6.07) is 4.93. The van der Waals surface area contributed by atoms with Gasteiger partial charge in [0.25, 0.3) is 5.91 Å².